The Labute approximate surface area is 225 Å². The van der Waals surface area contributed by atoms with Gasteiger partial charge in [-0.2, -0.15) is 5.26 Å². The highest BCUT2D eigenvalue weighted by Crippen LogP contribution is 2.28. The number of aromatic nitrogens is 1. The molecule has 39 heavy (non-hydrogen) atoms. The van der Waals surface area contributed by atoms with E-state index in [0.29, 0.717) is 25.1 Å². The van der Waals surface area contributed by atoms with Crippen molar-refractivity contribution in [1.29, 1.82) is 5.26 Å². The lowest BCUT2D eigenvalue weighted by atomic mass is 10.0. The van der Waals surface area contributed by atoms with E-state index in [1.54, 1.807) is 41.3 Å². The van der Waals surface area contributed by atoms with Gasteiger partial charge in [0.1, 0.15) is 23.1 Å². The van der Waals surface area contributed by atoms with Gasteiger partial charge in [0.2, 0.25) is 5.91 Å². The number of halogens is 2. The van der Waals surface area contributed by atoms with Crippen molar-refractivity contribution in [2.75, 3.05) is 31.5 Å². The molecule has 1 aliphatic rings. The van der Waals surface area contributed by atoms with E-state index in [0.717, 1.165) is 24.5 Å². The Balaban J connectivity index is 1.58. The van der Waals surface area contributed by atoms with Crippen LogP contribution in [-0.4, -0.2) is 53.9 Å². The highest BCUT2D eigenvalue weighted by Gasteiger charge is 2.29. The van der Waals surface area contributed by atoms with Crippen molar-refractivity contribution in [3.8, 4) is 17.3 Å². The van der Waals surface area contributed by atoms with Crippen LogP contribution in [0.4, 0.5) is 14.6 Å². The SMILES string of the molecule is N#Cc1ccccc1-c1nc(NCCc2cccc(F)c2)c(C(=O)NC[C@H]2CCCN2C(=O)CCN)cc1F. The smallest absolute Gasteiger partial charge is 0.255 e. The molecule has 4 N–H and O–H groups in total. The average molecular weight is 533 g/mol. The average Bonchev–Trinajstić information content (AvgIpc) is 3.41. The molecule has 0 bridgehead atoms. The van der Waals surface area contributed by atoms with Crippen LogP contribution >= 0.6 is 0 Å². The molecule has 2 heterocycles. The second-order valence-electron chi connectivity index (χ2n) is 9.31. The Morgan fingerprint density at radius 1 is 1.15 bits per heavy atom. The Bertz CT molecular complexity index is 1390. The van der Waals surface area contributed by atoms with Gasteiger partial charge in [-0.25, -0.2) is 13.8 Å². The molecule has 10 heteroatoms. The molecular weight excluding hydrogens is 502 g/mol. The molecule has 2 aromatic carbocycles. The summed E-state index contributed by atoms with van der Waals surface area (Å²) in [6.45, 7) is 1.37. The number of benzene rings is 2. The fourth-order valence-corrected chi connectivity index (χ4v) is 4.74. The van der Waals surface area contributed by atoms with Gasteiger partial charge in [0.25, 0.3) is 5.91 Å². The van der Waals surface area contributed by atoms with Crippen LogP contribution < -0.4 is 16.4 Å². The van der Waals surface area contributed by atoms with Gasteiger partial charge < -0.3 is 21.3 Å². The fraction of sp³-hybridized carbons (Fsp3) is 0.310. The summed E-state index contributed by atoms with van der Waals surface area (Å²) in [6.07, 6.45) is 2.24. The molecule has 0 spiro atoms. The highest BCUT2D eigenvalue weighted by molar-refractivity contribution is 5.99. The van der Waals surface area contributed by atoms with Gasteiger partial charge in [-0.05, 0) is 49.1 Å². The third-order valence-electron chi connectivity index (χ3n) is 6.67. The van der Waals surface area contributed by atoms with Gasteiger partial charge in [0, 0.05) is 44.2 Å². The summed E-state index contributed by atoms with van der Waals surface area (Å²) < 4.78 is 28.9. The fourth-order valence-electron chi connectivity index (χ4n) is 4.74. The topological polar surface area (TPSA) is 124 Å². The molecule has 3 aromatic rings. The third-order valence-corrected chi connectivity index (χ3v) is 6.67. The number of pyridine rings is 1. The summed E-state index contributed by atoms with van der Waals surface area (Å²) in [5.41, 5.74) is 6.74. The van der Waals surface area contributed by atoms with E-state index in [4.69, 9.17) is 5.73 Å². The second kappa shape index (κ2) is 12.9. The maximum Gasteiger partial charge on any atom is 0.255 e. The molecule has 0 saturated carbocycles. The number of hydrogen-bond acceptors (Lipinski definition) is 6. The maximum atomic E-state index is 15.3. The van der Waals surface area contributed by atoms with E-state index in [2.05, 4.69) is 15.6 Å². The van der Waals surface area contributed by atoms with Crippen LogP contribution in [0.15, 0.2) is 54.6 Å². The second-order valence-corrected chi connectivity index (χ2v) is 9.31. The van der Waals surface area contributed by atoms with E-state index in [9.17, 15) is 19.2 Å². The summed E-state index contributed by atoms with van der Waals surface area (Å²) in [4.78, 5) is 31.8. The summed E-state index contributed by atoms with van der Waals surface area (Å²) >= 11 is 0. The minimum Gasteiger partial charge on any atom is -0.369 e. The van der Waals surface area contributed by atoms with Crippen LogP contribution in [0.5, 0.6) is 0 Å². The zero-order chi connectivity index (χ0) is 27.8. The first-order valence-corrected chi connectivity index (χ1v) is 12.9. The number of hydrogen-bond donors (Lipinski definition) is 3. The third kappa shape index (κ3) is 6.75. The molecular formula is C29H30F2N6O2. The molecule has 202 valence electrons. The Morgan fingerprint density at radius 2 is 1.97 bits per heavy atom. The minimum absolute atomic E-state index is 0.0113. The van der Waals surface area contributed by atoms with E-state index in [-0.39, 0.29) is 59.9 Å². The van der Waals surface area contributed by atoms with E-state index < -0.39 is 11.7 Å². The first-order chi connectivity index (χ1) is 18.9. The lowest BCUT2D eigenvalue weighted by molar-refractivity contribution is -0.131. The van der Waals surface area contributed by atoms with Gasteiger partial charge in [-0.3, -0.25) is 9.59 Å². The first kappa shape index (κ1) is 27.7. The van der Waals surface area contributed by atoms with Crippen molar-refractivity contribution < 1.29 is 18.4 Å². The number of carbonyl (C=O) groups is 2. The molecule has 0 radical (unpaired) electrons. The molecule has 1 fully saturated rings. The number of anilines is 1. The lowest BCUT2D eigenvalue weighted by Crippen LogP contribution is -2.43. The van der Waals surface area contributed by atoms with Crippen LogP contribution in [0.1, 0.15) is 40.7 Å². The number of nitrogens with zero attached hydrogens (tertiary/aromatic N) is 3. The van der Waals surface area contributed by atoms with Crippen molar-refractivity contribution in [3.63, 3.8) is 0 Å². The van der Waals surface area contributed by atoms with Crippen molar-refractivity contribution in [1.82, 2.24) is 15.2 Å². The van der Waals surface area contributed by atoms with Crippen LogP contribution in [-0.2, 0) is 11.2 Å². The lowest BCUT2D eigenvalue weighted by Gasteiger charge is -2.25. The minimum atomic E-state index is -0.751. The zero-order valence-electron chi connectivity index (χ0n) is 21.4. The van der Waals surface area contributed by atoms with Crippen LogP contribution in [0.25, 0.3) is 11.3 Å². The number of carbonyl (C=O) groups excluding carboxylic acids is 2. The molecule has 4 rings (SSSR count). The maximum absolute atomic E-state index is 15.3. The molecule has 1 saturated heterocycles. The Hall–Kier alpha value is -4.36. The summed E-state index contributed by atoms with van der Waals surface area (Å²) in [6, 6.07) is 15.6. The molecule has 1 aromatic heterocycles. The number of nitrogens with one attached hydrogen (secondary N) is 2. The predicted octanol–water partition coefficient (Wildman–Crippen LogP) is 3.62. The standard InChI is InChI=1S/C29H30F2N6O2/c30-21-7-3-5-19(15-21)11-13-34-28-24(16-25(31)27(36-28)23-9-2-1-6-20(23)17-33)29(39)35-18-22-8-4-14-37(22)26(38)10-12-32/h1-3,5-7,9,15-16,22H,4,8,10-14,18,32H2,(H,34,36)(H,35,39)/t22-/m1/s1. The predicted molar refractivity (Wildman–Crippen MR) is 144 cm³/mol. The molecule has 8 nitrogen and oxygen atoms in total. The van der Waals surface area contributed by atoms with Gasteiger partial charge in [0.15, 0.2) is 0 Å². The van der Waals surface area contributed by atoms with Crippen molar-refractivity contribution in [2.45, 2.75) is 31.7 Å². The zero-order valence-corrected chi connectivity index (χ0v) is 21.4. The van der Waals surface area contributed by atoms with E-state index in [1.807, 2.05) is 6.07 Å². The van der Waals surface area contributed by atoms with Gasteiger partial charge in [-0.15, -0.1) is 0 Å². The summed E-state index contributed by atoms with van der Waals surface area (Å²) in [7, 11) is 0. The number of amides is 2. The number of rotatable bonds is 10. The van der Waals surface area contributed by atoms with Gasteiger partial charge >= 0.3 is 0 Å². The Morgan fingerprint density at radius 3 is 2.74 bits per heavy atom. The van der Waals surface area contributed by atoms with Crippen molar-refractivity contribution in [2.24, 2.45) is 5.73 Å². The van der Waals surface area contributed by atoms with E-state index in [1.165, 1.54) is 12.1 Å². The molecule has 1 atom stereocenters. The van der Waals surface area contributed by atoms with Gasteiger partial charge in [0.05, 0.1) is 17.2 Å². The quantitative estimate of drug-likeness (QED) is 0.366. The first-order valence-electron chi connectivity index (χ1n) is 12.9. The molecule has 1 aliphatic heterocycles. The van der Waals surface area contributed by atoms with Crippen LogP contribution in [0.2, 0.25) is 0 Å². The largest absolute Gasteiger partial charge is 0.369 e. The monoisotopic (exact) mass is 532 g/mol. The van der Waals surface area contributed by atoms with Crippen molar-refractivity contribution >= 4 is 17.6 Å². The molecule has 0 unspecified atom stereocenters. The van der Waals surface area contributed by atoms with Crippen molar-refractivity contribution in [3.05, 3.63) is 82.9 Å². The normalized spacial score (nSPS) is 14.6. The van der Waals surface area contributed by atoms with Crippen LogP contribution in [0, 0.1) is 23.0 Å². The highest BCUT2D eigenvalue weighted by atomic mass is 19.1. The summed E-state index contributed by atoms with van der Waals surface area (Å²) in [5.74, 6) is -1.57. The number of nitriles is 1. The number of likely N-dealkylation sites (tertiary alicyclic amines) is 1. The van der Waals surface area contributed by atoms with Gasteiger partial charge in [-0.1, -0.05) is 30.3 Å². The van der Waals surface area contributed by atoms with E-state index >= 15 is 4.39 Å². The van der Waals surface area contributed by atoms with Crippen LogP contribution in [0.3, 0.4) is 0 Å². The summed E-state index contributed by atoms with van der Waals surface area (Å²) in [5, 5.41) is 15.4. The Kier molecular flexibility index (Phi) is 9.18. The number of nitrogens with two attached hydrogens (primary N) is 1. The molecule has 2 amide bonds. The molecule has 0 aliphatic carbocycles.